The van der Waals surface area contributed by atoms with E-state index in [1.807, 2.05) is 6.92 Å². The van der Waals surface area contributed by atoms with Gasteiger partial charge in [0.25, 0.3) is 0 Å². The number of carbonyl (C=O) groups is 2. The maximum atomic E-state index is 12.2. The minimum atomic E-state index is -3.70. The van der Waals surface area contributed by atoms with Crippen molar-refractivity contribution in [3.8, 4) is 0 Å². The topological polar surface area (TPSA) is 127 Å². The van der Waals surface area contributed by atoms with Gasteiger partial charge in [-0.05, 0) is 48.7 Å². The van der Waals surface area contributed by atoms with Crippen LogP contribution in [-0.2, 0) is 27.0 Å². The van der Waals surface area contributed by atoms with Crippen molar-refractivity contribution < 1.29 is 23.1 Å². The summed E-state index contributed by atoms with van der Waals surface area (Å²) in [4.78, 5) is 23.1. The molecule has 28 heavy (non-hydrogen) atoms. The number of nitrogens with two attached hydrogens (primary N) is 1. The second-order valence-electron chi connectivity index (χ2n) is 6.19. The van der Waals surface area contributed by atoms with E-state index in [-0.39, 0.29) is 21.6 Å². The van der Waals surface area contributed by atoms with Crippen molar-refractivity contribution in [1.29, 1.82) is 0 Å². The van der Waals surface area contributed by atoms with Crippen LogP contribution in [0.3, 0.4) is 0 Å². The Morgan fingerprint density at radius 3 is 2.18 bits per heavy atom. The summed E-state index contributed by atoms with van der Waals surface area (Å²) < 4.78 is 22.5. The fraction of sp³-hybridized carbons (Fsp3) is 0.263. The third kappa shape index (κ3) is 6.66. The fourth-order valence-corrected chi connectivity index (χ4v) is 3.75. The number of aromatic carboxylic acids is 1. The Morgan fingerprint density at radius 2 is 1.64 bits per heavy atom. The quantitative estimate of drug-likeness (QED) is 0.567. The number of benzene rings is 2. The molecular formula is C19H22N2O5S2. The minimum absolute atomic E-state index is 0.0571. The second kappa shape index (κ2) is 9.72. The molecule has 2 aromatic rings. The normalized spacial score (nSPS) is 12.4. The van der Waals surface area contributed by atoms with Gasteiger partial charge in [-0.15, -0.1) is 11.8 Å². The van der Waals surface area contributed by atoms with Crippen LogP contribution >= 0.6 is 11.8 Å². The Morgan fingerprint density at radius 1 is 1.07 bits per heavy atom. The molecule has 0 saturated heterocycles. The summed E-state index contributed by atoms with van der Waals surface area (Å²) in [5.74, 6) is -0.455. The molecule has 0 fully saturated rings. The summed E-state index contributed by atoms with van der Waals surface area (Å²) in [7, 11) is -3.70. The van der Waals surface area contributed by atoms with Crippen LogP contribution in [-0.4, -0.2) is 37.2 Å². The molecule has 0 bridgehead atoms. The van der Waals surface area contributed by atoms with Gasteiger partial charge >= 0.3 is 5.97 Å². The largest absolute Gasteiger partial charge is 0.478 e. The molecule has 1 atom stereocenters. The Balaban J connectivity index is 1.75. The van der Waals surface area contributed by atoms with Crippen molar-refractivity contribution in [1.82, 2.24) is 5.32 Å². The Hall–Kier alpha value is -2.36. The third-order valence-electron chi connectivity index (χ3n) is 4.03. The predicted molar refractivity (Wildman–Crippen MR) is 109 cm³/mol. The van der Waals surface area contributed by atoms with Crippen molar-refractivity contribution in [3.05, 3.63) is 65.2 Å². The van der Waals surface area contributed by atoms with E-state index in [0.717, 1.165) is 11.1 Å². The van der Waals surface area contributed by atoms with E-state index in [1.54, 1.807) is 36.4 Å². The summed E-state index contributed by atoms with van der Waals surface area (Å²) in [6.07, 6.45) is 0.574. The number of thioether (sulfide) groups is 1. The number of nitrogens with one attached hydrogen (secondary N) is 1. The lowest BCUT2D eigenvalue weighted by Crippen LogP contribution is -2.32. The summed E-state index contributed by atoms with van der Waals surface area (Å²) in [6.45, 7) is 2.25. The molecule has 2 aromatic carbocycles. The van der Waals surface area contributed by atoms with Gasteiger partial charge in [-0.2, -0.15) is 0 Å². The Kier molecular flexibility index (Phi) is 7.61. The van der Waals surface area contributed by atoms with Gasteiger partial charge in [-0.1, -0.05) is 24.3 Å². The van der Waals surface area contributed by atoms with Gasteiger partial charge in [-0.3, -0.25) is 4.79 Å². The summed E-state index contributed by atoms with van der Waals surface area (Å²) in [6, 6.07) is 12.8. The maximum Gasteiger partial charge on any atom is 0.335 e. The van der Waals surface area contributed by atoms with Crippen LogP contribution in [0, 0.1) is 0 Å². The minimum Gasteiger partial charge on any atom is -0.478 e. The molecule has 4 N–H and O–H groups in total. The van der Waals surface area contributed by atoms with Crippen LogP contribution in [0.4, 0.5) is 0 Å². The van der Waals surface area contributed by atoms with E-state index in [1.165, 1.54) is 23.9 Å². The molecule has 0 aliphatic heterocycles. The van der Waals surface area contributed by atoms with E-state index < -0.39 is 16.0 Å². The van der Waals surface area contributed by atoms with E-state index in [9.17, 15) is 18.0 Å². The van der Waals surface area contributed by atoms with Gasteiger partial charge in [0.2, 0.25) is 15.9 Å². The summed E-state index contributed by atoms with van der Waals surface area (Å²) in [5, 5.41) is 16.5. The number of hydrogen-bond donors (Lipinski definition) is 3. The van der Waals surface area contributed by atoms with Gasteiger partial charge in [0.05, 0.1) is 15.7 Å². The first-order chi connectivity index (χ1) is 13.2. The number of carboxylic acids is 1. The van der Waals surface area contributed by atoms with Crippen molar-refractivity contribution in [3.63, 3.8) is 0 Å². The number of sulfonamides is 1. The predicted octanol–water partition coefficient (Wildman–Crippen LogP) is 2.01. The average Bonchev–Trinajstić information content (AvgIpc) is 2.66. The molecule has 0 aromatic heterocycles. The van der Waals surface area contributed by atoms with Gasteiger partial charge in [0.1, 0.15) is 0 Å². The zero-order valence-electron chi connectivity index (χ0n) is 15.3. The highest BCUT2D eigenvalue weighted by Crippen LogP contribution is 2.18. The molecule has 0 heterocycles. The average molecular weight is 423 g/mol. The standard InChI is InChI=1S/C19H22N2O5S2/c1-13(27-12-15-2-6-16(7-3-15)19(23)24)18(22)21-11-10-14-4-8-17(9-5-14)28(20,25)26/h2-9,13H,10-12H2,1H3,(H,21,22)(H,23,24)(H2,20,25,26)/t13-/m0/s1. The summed E-state index contributed by atoms with van der Waals surface area (Å²) >= 11 is 1.46. The van der Waals surface area contributed by atoms with E-state index >= 15 is 0 Å². The van der Waals surface area contributed by atoms with Gasteiger partial charge in [0.15, 0.2) is 0 Å². The number of carbonyl (C=O) groups excluding carboxylic acids is 1. The Bertz CT molecular complexity index is 926. The zero-order chi connectivity index (χ0) is 20.7. The lowest BCUT2D eigenvalue weighted by molar-refractivity contribution is -0.120. The van der Waals surface area contributed by atoms with Crippen LogP contribution in [0.5, 0.6) is 0 Å². The van der Waals surface area contributed by atoms with Gasteiger partial charge < -0.3 is 10.4 Å². The van der Waals surface area contributed by atoms with Crippen LogP contribution in [0.25, 0.3) is 0 Å². The molecule has 1 amide bonds. The number of rotatable bonds is 9. The smallest absolute Gasteiger partial charge is 0.335 e. The Labute approximate surface area is 168 Å². The van der Waals surface area contributed by atoms with Crippen LogP contribution < -0.4 is 10.5 Å². The van der Waals surface area contributed by atoms with Crippen molar-refractivity contribution in [2.24, 2.45) is 5.14 Å². The first-order valence-electron chi connectivity index (χ1n) is 8.50. The first-order valence-corrected chi connectivity index (χ1v) is 11.1. The molecule has 0 radical (unpaired) electrons. The maximum absolute atomic E-state index is 12.2. The zero-order valence-corrected chi connectivity index (χ0v) is 16.9. The first kappa shape index (κ1) is 21.9. The highest BCUT2D eigenvalue weighted by atomic mass is 32.2. The number of amides is 1. The van der Waals surface area contributed by atoms with Gasteiger partial charge in [0, 0.05) is 12.3 Å². The highest BCUT2D eigenvalue weighted by molar-refractivity contribution is 7.99. The molecule has 2 rings (SSSR count). The molecule has 0 aliphatic carbocycles. The molecule has 7 nitrogen and oxygen atoms in total. The van der Waals surface area contributed by atoms with Crippen LogP contribution in [0.1, 0.15) is 28.4 Å². The fourth-order valence-electron chi connectivity index (χ4n) is 2.36. The van der Waals surface area contributed by atoms with Crippen molar-refractivity contribution in [2.45, 2.75) is 29.2 Å². The highest BCUT2D eigenvalue weighted by Gasteiger charge is 2.13. The summed E-state index contributed by atoms with van der Waals surface area (Å²) in [5.41, 5.74) is 2.08. The third-order valence-corrected chi connectivity index (χ3v) is 6.18. The number of carboxylic acid groups (broad SMARTS) is 1. The molecular weight excluding hydrogens is 400 g/mol. The van der Waals surface area contributed by atoms with Crippen molar-refractivity contribution >= 4 is 33.7 Å². The lowest BCUT2D eigenvalue weighted by Gasteiger charge is -2.12. The SMILES string of the molecule is C[C@H](SCc1ccc(C(=O)O)cc1)C(=O)NCCc1ccc(S(N)(=O)=O)cc1. The molecule has 9 heteroatoms. The van der Waals surface area contributed by atoms with E-state index in [2.05, 4.69) is 5.32 Å². The van der Waals surface area contributed by atoms with Crippen LogP contribution in [0.15, 0.2) is 53.4 Å². The van der Waals surface area contributed by atoms with E-state index in [4.69, 9.17) is 10.2 Å². The van der Waals surface area contributed by atoms with Crippen molar-refractivity contribution in [2.75, 3.05) is 6.54 Å². The van der Waals surface area contributed by atoms with Gasteiger partial charge in [-0.25, -0.2) is 18.4 Å². The molecule has 0 saturated carbocycles. The molecule has 0 unspecified atom stereocenters. The van der Waals surface area contributed by atoms with Crippen LogP contribution in [0.2, 0.25) is 0 Å². The molecule has 0 aliphatic rings. The number of hydrogen-bond acceptors (Lipinski definition) is 5. The monoisotopic (exact) mass is 422 g/mol. The van der Waals surface area contributed by atoms with E-state index in [0.29, 0.717) is 18.7 Å². The lowest BCUT2D eigenvalue weighted by atomic mass is 10.1. The molecule has 150 valence electrons. The second-order valence-corrected chi connectivity index (χ2v) is 9.08. The number of primary sulfonamides is 1. The molecule has 0 spiro atoms.